The number of para-hydroxylation sites is 2. The molecule has 0 aliphatic carbocycles. The summed E-state index contributed by atoms with van der Waals surface area (Å²) in [5.74, 6) is -1.57. The SMILES string of the molecule is COc1ccc(C(=O)[C@H]2[C@@H]3C(=O)N(c4ccccc4OC)C(=O)[C@@H]3[C@H]3C=CC=NN32)cc1. The lowest BCUT2D eigenvalue weighted by Gasteiger charge is -2.30. The third-order valence-corrected chi connectivity index (χ3v) is 6.26. The Morgan fingerprint density at radius 3 is 2.38 bits per heavy atom. The van der Waals surface area contributed by atoms with E-state index >= 15 is 0 Å². The number of ether oxygens (including phenoxy) is 2. The van der Waals surface area contributed by atoms with Crippen molar-refractivity contribution in [2.75, 3.05) is 19.1 Å². The van der Waals surface area contributed by atoms with E-state index in [0.717, 1.165) is 4.90 Å². The van der Waals surface area contributed by atoms with Crippen molar-refractivity contribution in [3.8, 4) is 11.5 Å². The zero-order valence-corrected chi connectivity index (χ0v) is 17.5. The van der Waals surface area contributed by atoms with E-state index in [1.807, 2.05) is 6.08 Å². The first-order valence-electron chi connectivity index (χ1n) is 10.2. The van der Waals surface area contributed by atoms with Gasteiger partial charge in [0.25, 0.3) is 0 Å². The fourth-order valence-electron chi connectivity index (χ4n) is 4.82. The summed E-state index contributed by atoms with van der Waals surface area (Å²) >= 11 is 0. The van der Waals surface area contributed by atoms with Crippen molar-refractivity contribution in [2.45, 2.75) is 12.1 Å². The maximum atomic E-state index is 13.6. The molecule has 8 heteroatoms. The van der Waals surface area contributed by atoms with Gasteiger partial charge in [0.15, 0.2) is 5.78 Å². The molecule has 4 atom stereocenters. The summed E-state index contributed by atoms with van der Waals surface area (Å²) in [5.41, 5.74) is 0.806. The maximum Gasteiger partial charge on any atom is 0.240 e. The molecule has 0 bridgehead atoms. The second-order valence-corrected chi connectivity index (χ2v) is 7.79. The smallest absolute Gasteiger partial charge is 0.240 e. The van der Waals surface area contributed by atoms with E-state index in [1.54, 1.807) is 72.9 Å². The van der Waals surface area contributed by atoms with E-state index < -0.39 is 29.8 Å². The Labute approximate surface area is 184 Å². The number of hydrogen-bond acceptors (Lipinski definition) is 7. The second kappa shape index (κ2) is 7.64. The minimum atomic E-state index is -0.893. The average Bonchev–Trinajstić information content (AvgIpc) is 3.31. The van der Waals surface area contributed by atoms with Crippen molar-refractivity contribution >= 4 is 29.5 Å². The molecule has 0 spiro atoms. The zero-order chi connectivity index (χ0) is 22.4. The highest BCUT2D eigenvalue weighted by Gasteiger charge is 2.64. The minimum absolute atomic E-state index is 0.263. The van der Waals surface area contributed by atoms with Gasteiger partial charge in [0, 0.05) is 11.8 Å². The number of nitrogens with zero attached hydrogens (tertiary/aromatic N) is 3. The van der Waals surface area contributed by atoms with Crippen LogP contribution in [0.1, 0.15) is 10.4 Å². The number of Topliss-reactive ketones (excluding diaryl/α,β-unsaturated/α-hetero) is 1. The first-order chi connectivity index (χ1) is 15.6. The molecular weight excluding hydrogens is 410 g/mol. The highest BCUT2D eigenvalue weighted by molar-refractivity contribution is 6.25. The topological polar surface area (TPSA) is 88.5 Å². The lowest BCUT2D eigenvalue weighted by Crippen LogP contribution is -2.46. The van der Waals surface area contributed by atoms with Crippen LogP contribution in [0.4, 0.5) is 5.69 Å². The molecule has 0 N–H and O–H groups in total. The number of carbonyl (C=O) groups is 3. The van der Waals surface area contributed by atoms with Crippen LogP contribution in [0, 0.1) is 11.8 Å². The van der Waals surface area contributed by atoms with Crippen molar-refractivity contribution in [3.63, 3.8) is 0 Å². The number of fused-ring (bicyclic) bond motifs is 3. The highest BCUT2D eigenvalue weighted by atomic mass is 16.5. The zero-order valence-electron chi connectivity index (χ0n) is 17.5. The van der Waals surface area contributed by atoms with Crippen LogP contribution in [-0.2, 0) is 9.59 Å². The van der Waals surface area contributed by atoms with E-state index in [1.165, 1.54) is 7.11 Å². The summed E-state index contributed by atoms with van der Waals surface area (Å²) in [5, 5.41) is 5.96. The molecule has 3 aliphatic heterocycles. The lowest BCUT2D eigenvalue weighted by molar-refractivity contribution is -0.123. The number of imide groups is 1. The monoisotopic (exact) mass is 431 g/mol. The molecule has 3 aliphatic rings. The molecular formula is C24H21N3O5. The van der Waals surface area contributed by atoms with Crippen LogP contribution in [0.3, 0.4) is 0 Å². The number of methoxy groups -OCH3 is 2. The van der Waals surface area contributed by atoms with Gasteiger partial charge in [-0.15, -0.1) is 0 Å². The Morgan fingerprint density at radius 2 is 1.66 bits per heavy atom. The van der Waals surface area contributed by atoms with Gasteiger partial charge in [-0.05, 0) is 42.5 Å². The van der Waals surface area contributed by atoms with Gasteiger partial charge in [0.2, 0.25) is 11.8 Å². The molecule has 3 heterocycles. The van der Waals surface area contributed by atoms with Crippen LogP contribution in [0.5, 0.6) is 11.5 Å². The average molecular weight is 431 g/mol. The Kier molecular flexibility index (Phi) is 4.77. The summed E-state index contributed by atoms with van der Waals surface area (Å²) in [6, 6.07) is 12.2. The van der Waals surface area contributed by atoms with Crippen LogP contribution < -0.4 is 14.4 Å². The van der Waals surface area contributed by atoms with E-state index in [4.69, 9.17) is 9.47 Å². The normalized spacial score (nSPS) is 25.7. The Balaban J connectivity index is 1.57. The number of hydrogen-bond donors (Lipinski definition) is 0. The number of carbonyl (C=O) groups excluding carboxylic acids is 3. The van der Waals surface area contributed by atoms with Gasteiger partial charge in [0.1, 0.15) is 17.5 Å². The summed E-state index contributed by atoms with van der Waals surface area (Å²) in [6.45, 7) is 0. The van der Waals surface area contributed by atoms with E-state index in [2.05, 4.69) is 5.10 Å². The Morgan fingerprint density at radius 1 is 0.938 bits per heavy atom. The van der Waals surface area contributed by atoms with Crippen molar-refractivity contribution in [1.82, 2.24) is 5.01 Å². The first-order valence-corrected chi connectivity index (χ1v) is 10.2. The highest BCUT2D eigenvalue weighted by Crippen LogP contribution is 2.47. The Bertz CT molecular complexity index is 1160. The van der Waals surface area contributed by atoms with E-state index in [-0.39, 0.29) is 11.7 Å². The number of rotatable bonds is 5. The van der Waals surface area contributed by atoms with Crippen molar-refractivity contribution < 1.29 is 23.9 Å². The van der Waals surface area contributed by atoms with Gasteiger partial charge in [-0.2, -0.15) is 5.10 Å². The number of ketones is 1. The quantitative estimate of drug-likeness (QED) is 0.533. The molecule has 5 rings (SSSR count). The molecule has 2 fully saturated rings. The molecule has 2 aromatic rings. The molecule has 8 nitrogen and oxygen atoms in total. The number of hydrazone groups is 1. The molecule has 0 saturated carbocycles. The molecule has 2 aromatic carbocycles. The van der Waals surface area contributed by atoms with E-state index in [9.17, 15) is 14.4 Å². The Hall–Kier alpha value is -3.94. The number of anilines is 1. The van der Waals surface area contributed by atoms with Gasteiger partial charge in [0.05, 0.1) is 37.8 Å². The molecule has 2 amide bonds. The minimum Gasteiger partial charge on any atom is -0.497 e. The third-order valence-electron chi connectivity index (χ3n) is 6.26. The number of benzene rings is 2. The van der Waals surface area contributed by atoms with Crippen LogP contribution in [-0.4, -0.2) is 55.1 Å². The van der Waals surface area contributed by atoms with Gasteiger partial charge in [-0.25, -0.2) is 4.90 Å². The summed E-state index contributed by atoms with van der Waals surface area (Å²) in [7, 11) is 3.04. The fourth-order valence-corrected chi connectivity index (χ4v) is 4.82. The predicted molar refractivity (Wildman–Crippen MR) is 117 cm³/mol. The molecule has 162 valence electrons. The molecule has 0 unspecified atom stereocenters. The second-order valence-electron chi connectivity index (χ2n) is 7.79. The largest absolute Gasteiger partial charge is 0.497 e. The lowest BCUT2D eigenvalue weighted by atomic mass is 9.86. The van der Waals surface area contributed by atoms with Gasteiger partial charge in [-0.3, -0.25) is 19.4 Å². The molecule has 0 aromatic heterocycles. The molecule has 32 heavy (non-hydrogen) atoms. The summed E-state index contributed by atoms with van der Waals surface area (Å²) < 4.78 is 10.5. The third kappa shape index (κ3) is 2.83. The van der Waals surface area contributed by atoms with Gasteiger partial charge < -0.3 is 9.47 Å². The number of amides is 2. The van der Waals surface area contributed by atoms with Crippen LogP contribution in [0.25, 0.3) is 0 Å². The van der Waals surface area contributed by atoms with Crippen molar-refractivity contribution in [3.05, 3.63) is 66.2 Å². The van der Waals surface area contributed by atoms with Crippen molar-refractivity contribution in [2.24, 2.45) is 16.9 Å². The molecule has 2 saturated heterocycles. The van der Waals surface area contributed by atoms with E-state index in [0.29, 0.717) is 22.7 Å². The first kappa shape index (κ1) is 20.0. The van der Waals surface area contributed by atoms with Gasteiger partial charge in [-0.1, -0.05) is 18.2 Å². The van der Waals surface area contributed by atoms with Crippen LogP contribution >= 0.6 is 0 Å². The maximum absolute atomic E-state index is 13.6. The molecule has 0 radical (unpaired) electrons. The summed E-state index contributed by atoms with van der Waals surface area (Å²) in [4.78, 5) is 41.9. The van der Waals surface area contributed by atoms with Crippen molar-refractivity contribution in [1.29, 1.82) is 0 Å². The summed E-state index contributed by atoms with van der Waals surface area (Å²) in [6.07, 6.45) is 5.13. The number of allylic oxidation sites excluding steroid dienone is 1. The van der Waals surface area contributed by atoms with Crippen LogP contribution in [0.15, 0.2) is 65.8 Å². The van der Waals surface area contributed by atoms with Gasteiger partial charge >= 0.3 is 0 Å². The standard InChI is InChI=1S/C24H21N3O5/c1-31-15-11-9-14(10-12-15)22(28)21-20-19(17-7-5-13-25-27(17)21)23(29)26(24(20)30)16-6-3-4-8-18(16)32-2/h3-13,17,19-21H,1-2H3/t17-,19-,20-,21-/m1/s1. The fraction of sp³-hybridized carbons (Fsp3) is 0.250. The predicted octanol–water partition coefficient (Wildman–Crippen LogP) is 2.30. The van der Waals surface area contributed by atoms with Crippen LogP contribution in [0.2, 0.25) is 0 Å².